The largest absolute Gasteiger partial charge is 0.298 e. The van der Waals surface area contributed by atoms with E-state index in [2.05, 4.69) is 55.3 Å². The van der Waals surface area contributed by atoms with Gasteiger partial charge in [0.15, 0.2) is 5.78 Å². The zero-order chi connectivity index (χ0) is 16.6. The molecule has 0 unspecified atom stereocenters. The van der Waals surface area contributed by atoms with Gasteiger partial charge >= 0.3 is 0 Å². The molecule has 3 rings (SSSR count). The van der Waals surface area contributed by atoms with Gasteiger partial charge in [0.2, 0.25) is 0 Å². The van der Waals surface area contributed by atoms with Crippen molar-refractivity contribution in [2.24, 2.45) is 5.41 Å². The van der Waals surface area contributed by atoms with Crippen LogP contribution >= 0.6 is 0 Å². The number of rotatable bonds is 4. The first-order valence-corrected chi connectivity index (χ1v) is 8.39. The predicted octanol–water partition coefficient (Wildman–Crippen LogP) is 4.39. The number of nitrogens with zero attached hydrogens (tertiary/aromatic N) is 3. The molecule has 1 aliphatic rings. The second kappa shape index (κ2) is 5.91. The molecule has 1 aliphatic carbocycles. The van der Waals surface area contributed by atoms with Crippen LogP contribution in [0, 0.1) is 5.41 Å². The summed E-state index contributed by atoms with van der Waals surface area (Å²) in [4.78, 5) is 12.0. The third-order valence-electron chi connectivity index (χ3n) is 4.74. The number of Topliss-reactive ketones (excluding diaryl/α,β-unsaturated/α-hetero) is 1. The zero-order valence-electron chi connectivity index (χ0n) is 14.4. The highest BCUT2D eigenvalue weighted by atomic mass is 16.1. The van der Waals surface area contributed by atoms with E-state index in [0.717, 1.165) is 11.3 Å². The van der Waals surface area contributed by atoms with Gasteiger partial charge in [0.05, 0.1) is 6.20 Å². The Balaban J connectivity index is 1.91. The zero-order valence-corrected chi connectivity index (χ0v) is 14.4. The van der Waals surface area contributed by atoms with E-state index in [9.17, 15) is 4.79 Å². The number of aromatic nitrogens is 3. The molecule has 4 heteroatoms. The van der Waals surface area contributed by atoms with Crippen molar-refractivity contribution in [3.63, 3.8) is 0 Å². The minimum atomic E-state index is -0.293. The Morgan fingerprint density at radius 1 is 1.30 bits per heavy atom. The van der Waals surface area contributed by atoms with Crippen molar-refractivity contribution >= 4 is 5.78 Å². The minimum Gasteiger partial charge on any atom is -0.298 e. The van der Waals surface area contributed by atoms with Crippen LogP contribution in [-0.2, 0) is 4.79 Å². The van der Waals surface area contributed by atoms with E-state index in [1.807, 2.05) is 6.20 Å². The summed E-state index contributed by atoms with van der Waals surface area (Å²) in [5.41, 5.74) is 3.12. The van der Waals surface area contributed by atoms with Gasteiger partial charge in [-0.15, -0.1) is 5.10 Å². The molecule has 122 valence electrons. The van der Waals surface area contributed by atoms with Crippen LogP contribution in [0.4, 0.5) is 0 Å². The van der Waals surface area contributed by atoms with Crippen molar-refractivity contribution in [3.05, 3.63) is 36.0 Å². The summed E-state index contributed by atoms with van der Waals surface area (Å²) in [6, 6.07) is 8.28. The predicted molar refractivity (Wildman–Crippen MR) is 91.2 cm³/mol. The lowest BCUT2D eigenvalue weighted by Crippen LogP contribution is -2.30. The molecule has 23 heavy (non-hydrogen) atoms. The maximum atomic E-state index is 12.0. The quantitative estimate of drug-likeness (QED) is 0.841. The summed E-state index contributed by atoms with van der Waals surface area (Å²) in [7, 11) is 0. The molecule has 0 N–H and O–H groups in total. The van der Waals surface area contributed by atoms with Crippen LogP contribution in [0.15, 0.2) is 30.5 Å². The van der Waals surface area contributed by atoms with E-state index in [1.54, 1.807) is 11.6 Å². The van der Waals surface area contributed by atoms with Crippen molar-refractivity contribution in [1.29, 1.82) is 0 Å². The van der Waals surface area contributed by atoms with E-state index in [-0.39, 0.29) is 17.2 Å². The summed E-state index contributed by atoms with van der Waals surface area (Å²) in [6.07, 6.45) is 5.80. The Labute approximate surface area is 137 Å². The Morgan fingerprint density at radius 2 is 2.04 bits per heavy atom. The number of hydrogen-bond donors (Lipinski definition) is 0. The summed E-state index contributed by atoms with van der Waals surface area (Å²) in [5, 5.41) is 8.54. The Kier molecular flexibility index (Phi) is 4.09. The topological polar surface area (TPSA) is 47.8 Å². The fourth-order valence-corrected chi connectivity index (χ4v) is 3.42. The molecule has 1 fully saturated rings. The number of ketones is 1. The highest BCUT2D eigenvalue weighted by Crippen LogP contribution is 2.37. The van der Waals surface area contributed by atoms with Crippen molar-refractivity contribution in [3.8, 4) is 11.3 Å². The molecule has 2 aromatic rings. The van der Waals surface area contributed by atoms with E-state index in [4.69, 9.17) is 0 Å². The van der Waals surface area contributed by atoms with Gasteiger partial charge in [-0.25, -0.2) is 4.68 Å². The third kappa shape index (κ3) is 3.21. The van der Waals surface area contributed by atoms with Gasteiger partial charge in [0.25, 0.3) is 0 Å². The van der Waals surface area contributed by atoms with Crippen molar-refractivity contribution < 1.29 is 4.79 Å². The van der Waals surface area contributed by atoms with Gasteiger partial charge in [-0.3, -0.25) is 4.79 Å². The van der Waals surface area contributed by atoms with E-state index in [0.29, 0.717) is 5.92 Å². The molecule has 1 saturated carbocycles. The molecule has 0 saturated heterocycles. The third-order valence-corrected chi connectivity index (χ3v) is 4.74. The SMILES string of the molecule is CC(=O)[C@@H](n1cc(-c2cccc(C3CCC3)c2)nn1)C(C)(C)C. The molecule has 1 aromatic carbocycles. The lowest BCUT2D eigenvalue weighted by molar-refractivity contribution is -0.123. The molecule has 1 aromatic heterocycles. The maximum absolute atomic E-state index is 12.0. The van der Waals surface area contributed by atoms with E-state index >= 15 is 0 Å². The van der Waals surface area contributed by atoms with Gasteiger partial charge in [0, 0.05) is 5.56 Å². The van der Waals surface area contributed by atoms with Gasteiger partial charge in [-0.2, -0.15) is 0 Å². The van der Waals surface area contributed by atoms with Crippen LogP contribution < -0.4 is 0 Å². The van der Waals surface area contributed by atoms with Crippen LogP contribution in [0.5, 0.6) is 0 Å². The summed E-state index contributed by atoms with van der Waals surface area (Å²) in [6.45, 7) is 7.78. The second-order valence-electron chi connectivity index (χ2n) is 7.72. The van der Waals surface area contributed by atoms with Gasteiger partial charge in [-0.05, 0) is 42.7 Å². The lowest BCUT2D eigenvalue weighted by Gasteiger charge is -2.28. The molecule has 4 nitrogen and oxygen atoms in total. The number of carbonyl (C=O) groups excluding carboxylic acids is 1. The number of benzene rings is 1. The molecule has 1 atom stereocenters. The monoisotopic (exact) mass is 311 g/mol. The van der Waals surface area contributed by atoms with Crippen LogP contribution in [-0.4, -0.2) is 20.8 Å². The minimum absolute atomic E-state index is 0.108. The highest BCUT2D eigenvalue weighted by molar-refractivity contribution is 5.80. The Bertz CT molecular complexity index is 707. The first kappa shape index (κ1) is 15.9. The van der Waals surface area contributed by atoms with Gasteiger partial charge in [0.1, 0.15) is 11.7 Å². The van der Waals surface area contributed by atoms with E-state index < -0.39 is 0 Å². The first-order chi connectivity index (χ1) is 10.9. The van der Waals surface area contributed by atoms with E-state index in [1.165, 1.54) is 24.8 Å². The Hall–Kier alpha value is -1.97. The average molecular weight is 311 g/mol. The van der Waals surface area contributed by atoms with Crippen molar-refractivity contribution in [1.82, 2.24) is 15.0 Å². The van der Waals surface area contributed by atoms with Crippen LogP contribution in [0.25, 0.3) is 11.3 Å². The molecular formula is C19H25N3O. The van der Waals surface area contributed by atoms with Crippen LogP contribution in [0.3, 0.4) is 0 Å². The molecule has 0 amide bonds. The summed E-state index contributed by atoms with van der Waals surface area (Å²) >= 11 is 0. The summed E-state index contributed by atoms with van der Waals surface area (Å²) in [5.74, 6) is 0.807. The highest BCUT2D eigenvalue weighted by Gasteiger charge is 2.31. The second-order valence-corrected chi connectivity index (χ2v) is 7.72. The number of carbonyl (C=O) groups is 1. The van der Waals surface area contributed by atoms with Crippen LogP contribution in [0.2, 0.25) is 0 Å². The molecule has 0 aliphatic heterocycles. The molecule has 1 heterocycles. The lowest BCUT2D eigenvalue weighted by atomic mass is 9.79. The molecule has 0 radical (unpaired) electrons. The maximum Gasteiger partial charge on any atom is 0.154 e. The number of hydrogen-bond acceptors (Lipinski definition) is 3. The average Bonchev–Trinajstić information content (AvgIpc) is 2.84. The summed E-state index contributed by atoms with van der Waals surface area (Å²) < 4.78 is 1.72. The fraction of sp³-hybridized carbons (Fsp3) is 0.526. The van der Waals surface area contributed by atoms with Crippen molar-refractivity contribution in [2.45, 2.75) is 58.9 Å². The van der Waals surface area contributed by atoms with Gasteiger partial charge in [-0.1, -0.05) is 50.6 Å². The first-order valence-electron chi connectivity index (χ1n) is 8.39. The molecular weight excluding hydrogens is 286 g/mol. The normalized spacial score (nSPS) is 16.9. The fourth-order valence-electron chi connectivity index (χ4n) is 3.42. The van der Waals surface area contributed by atoms with Gasteiger partial charge < -0.3 is 0 Å². The Morgan fingerprint density at radius 3 is 2.61 bits per heavy atom. The van der Waals surface area contributed by atoms with Crippen LogP contribution in [0.1, 0.15) is 64.5 Å². The molecule has 0 bridgehead atoms. The smallest absolute Gasteiger partial charge is 0.154 e. The van der Waals surface area contributed by atoms with Crippen molar-refractivity contribution in [2.75, 3.05) is 0 Å². The standard InChI is InChI=1S/C19H25N3O/c1-13(23)18(19(2,3)4)22-12-17(20-21-22)16-10-6-9-15(11-16)14-7-5-8-14/h6,9-12,14,18H,5,7-8H2,1-4H3/t18-/m1/s1. The molecule has 0 spiro atoms.